The minimum Gasteiger partial charge on any atom is -0.352 e. The Morgan fingerprint density at radius 2 is 1.29 bits per heavy atom. The molecule has 3 aromatic rings. The lowest BCUT2D eigenvalue weighted by Crippen LogP contribution is -2.29. The number of benzene rings is 3. The molecule has 0 atom stereocenters. The van der Waals surface area contributed by atoms with E-state index in [4.69, 9.17) is 0 Å². The quantitative estimate of drug-likeness (QED) is 0.589. The van der Waals surface area contributed by atoms with Crippen LogP contribution in [0.3, 0.4) is 0 Å². The summed E-state index contributed by atoms with van der Waals surface area (Å²) < 4.78 is 0. The SMILES string of the molecule is O=C(NCCC(c1ccccc1)c1ccccc1)c1ccc(N2C(=O)CCC2=O)cc1. The van der Waals surface area contributed by atoms with Crippen molar-refractivity contribution in [2.45, 2.75) is 25.2 Å². The van der Waals surface area contributed by atoms with E-state index in [0.29, 0.717) is 17.8 Å². The molecule has 4 rings (SSSR count). The molecule has 1 fully saturated rings. The number of nitrogens with one attached hydrogen (secondary N) is 1. The van der Waals surface area contributed by atoms with E-state index in [9.17, 15) is 14.4 Å². The standard InChI is InChI=1S/C26H24N2O3/c29-24-15-16-25(30)28(24)22-13-11-21(12-14-22)26(31)27-18-17-23(19-7-3-1-4-8-19)20-9-5-2-6-10-20/h1-14,23H,15-18H2,(H,27,31). The zero-order chi connectivity index (χ0) is 21.6. The summed E-state index contributed by atoms with van der Waals surface area (Å²) in [5.74, 6) is -0.382. The predicted octanol–water partition coefficient (Wildman–Crippen LogP) is 4.29. The smallest absolute Gasteiger partial charge is 0.251 e. The third-order valence-electron chi connectivity index (χ3n) is 5.56. The van der Waals surface area contributed by atoms with E-state index in [2.05, 4.69) is 29.6 Å². The number of nitrogens with zero attached hydrogens (tertiary/aromatic N) is 1. The van der Waals surface area contributed by atoms with Gasteiger partial charge in [0.1, 0.15) is 0 Å². The molecular weight excluding hydrogens is 388 g/mol. The van der Waals surface area contributed by atoms with Gasteiger partial charge in [0.15, 0.2) is 0 Å². The second kappa shape index (κ2) is 9.39. The van der Waals surface area contributed by atoms with Gasteiger partial charge in [0.05, 0.1) is 5.69 Å². The number of hydrogen-bond acceptors (Lipinski definition) is 3. The first kappa shape index (κ1) is 20.5. The molecule has 1 aliphatic heterocycles. The Hall–Kier alpha value is -3.73. The van der Waals surface area contributed by atoms with E-state index in [1.807, 2.05) is 36.4 Å². The van der Waals surface area contributed by atoms with Gasteiger partial charge in [-0.1, -0.05) is 60.7 Å². The normalized spacial score (nSPS) is 13.6. The minimum absolute atomic E-state index is 0.175. The average Bonchev–Trinajstić information content (AvgIpc) is 3.15. The van der Waals surface area contributed by atoms with E-state index in [1.165, 1.54) is 16.0 Å². The number of anilines is 1. The second-order valence-electron chi connectivity index (χ2n) is 7.59. The Morgan fingerprint density at radius 1 is 0.774 bits per heavy atom. The average molecular weight is 412 g/mol. The van der Waals surface area contributed by atoms with Crippen molar-refractivity contribution in [3.63, 3.8) is 0 Å². The molecule has 0 aromatic heterocycles. The van der Waals surface area contributed by atoms with Crippen molar-refractivity contribution in [1.29, 1.82) is 0 Å². The molecule has 31 heavy (non-hydrogen) atoms. The zero-order valence-corrected chi connectivity index (χ0v) is 17.2. The molecule has 1 aliphatic rings. The molecule has 0 spiro atoms. The molecule has 1 saturated heterocycles. The van der Waals surface area contributed by atoms with Crippen LogP contribution in [0, 0.1) is 0 Å². The number of hydrogen-bond donors (Lipinski definition) is 1. The van der Waals surface area contributed by atoms with E-state index < -0.39 is 0 Å². The van der Waals surface area contributed by atoms with Crippen LogP contribution in [-0.2, 0) is 9.59 Å². The van der Waals surface area contributed by atoms with Crippen molar-refractivity contribution < 1.29 is 14.4 Å². The van der Waals surface area contributed by atoms with Gasteiger partial charge >= 0.3 is 0 Å². The van der Waals surface area contributed by atoms with Gasteiger partial charge in [-0.15, -0.1) is 0 Å². The Morgan fingerprint density at radius 3 is 1.81 bits per heavy atom. The molecule has 0 saturated carbocycles. The van der Waals surface area contributed by atoms with Gasteiger partial charge < -0.3 is 5.32 Å². The summed E-state index contributed by atoms with van der Waals surface area (Å²) in [7, 11) is 0. The summed E-state index contributed by atoms with van der Waals surface area (Å²) >= 11 is 0. The Kier molecular flexibility index (Phi) is 6.22. The zero-order valence-electron chi connectivity index (χ0n) is 17.2. The molecule has 0 aliphatic carbocycles. The maximum absolute atomic E-state index is 12.6. The van der Waals surface area contributed by atoms with E-state index in [0.717, 1.165) is 6.42 Å². The first-order valence-corrected chi connectivity index (χ1v) is 10.5. The summed E-state index contributed by atoms with van der Waals surface area (Å²) in [4.78, 5) is 37.5. The van der Waals surface area contributed by atoms with Crippen LogP contribution in [-0.4, -0.2) is 24.3 Å². The van der Waals surface area contributed by atoms with Gasteiger partial charge in [0.2, 0.25) is 11.8 Å². The van der Waals surface area contributed by atoms with Crippen LogP contribution in [0.5, 0.6) is 0 Å². The molecule has 156 valence electrons. The van der Waals surface area contributed by atoms with Crippen LogP contribution in [0.25, 0.3) is 0 Å². The molecule has 1 heterocycles. The van der Waals surface area contributed by atoms with Crippen LogP contribution < -0.4 is 10.2 Å². The fourth-order valence-electron chi connectivity index (χ4n) is 3.95. The molecule has 0 bridgehead atoms. The number of carbonyl (C=O) groups is 3. The van der Waals surface area contributed by atoms with Gasteiger partial charge in [-0.2, -0.15) is 0 Å². The summed E-state index contributed by atoms with van der Waals surface area (Å²) in [5.41, 5.74) is 3.44. The molecule has 3 aromatic carbocycles. The lowest BCUT2D eigenvalue weighted by Gasteiger charge is -2.18. The number of amides is 3. The fourth-order valence-corrected chi connectivity index (χ4v) is 3.95. The largest absolute Gasteiger partial charge is 0.352 e. The molecular formula is C26H24N2O3. The van der Waals surface area contributed by atoms with Crippen LogP contribution in [0.4, 0.5) is 5.69 Å². The summed E-state index contributed by atoms with van der Waals surface area (Å²) in [6.45, 7) is 0.526. The minimum atomic E-state index is -0.199. The predicted molar refractivity (Wildman–Crippen MR) is 120 cm³/mol. The molecule has 0 radical (unpaired) electrons. The highest BCUT2D eigenvalue weighted by Gasteiger charge is 2.30. The van der Waals surface area contributed by atoms with Crippen LogP contribution in [0.15, 0.2) is 84.9 Å². The molecule has 0 unspecified atom stereocenters. The second-order valence-corrected chi connectivity index (χ2v) is 7.59. The summed E-state index contributed by atoms with van der Waals surface area (Å²) in [6, 6.07) is 27.1. The first-order chi connectivity index (χ1) is 15.1. The van der Waals surface area contributed by atoms with E-state index in [1.54, 1.807) is 24.3 Å². The van der Waals surface area contributed by atoms with Gasteiger partial charge in [-0.25, -0.2) is 0 Å². The first-order valence-electron chi connectivity index (χ1n) is 10.5. The monoisotopic (exact) mass is 412 g/mol. The van der Waals surface area contributed by atoms with Gasteiger partial charge in [0.25, 0.3) is 5.91 Å². The highest BCUT2D eigenvalue weighted by molar-refractivity contribution is 6.19. The van der Waals surface area contributed by atoms with Crippen molar-refractivity contribution >= 4 is 23.4 Å². The van der Waals surface area contributed by atoms with E-state index >= 15 is 0 Å². The van der Waals surface area contributed by atoms with Crippen molar-refractivity contribution in [2.75, 3.05) is 11.4 Å². The maximum atomic E-state index is 12.6. The van der Waals surface area contributed by atoms with Crippen LogP contribution in [0.2, 0.25) is 0 Å². The topological polar surface area (TPSA) is 66.5 Å². The summed E-state index contributed by atoms with van der Waals surface area (Å²) in [5, 5.41) is 2.99. The van der Waals surface area contributed by atoms with Gasteiger partial charge in [-0.05, 0) is 41.8 Å². The van der Waals surface area contributed by atoms with Gasteiger partial charge in [0, 0.05) is 30.9 Å². The van der Waals surface area contributed by atoms with Crippen LogP contribution >= 0.6 is 0 Å². The molecule has 5 heteroatoms. The lowest BCUT2D eigenvalue weighted by molar-refractivity contribution is -0.121. The molecule has 5 nitrogen and oxygen atoms in total. The number of rotatable bonds is 7. The molecule has 1 N–H and O–H groups in total. The van der Waals surface area contributed by atoms with Gasteiger partial charge in [-0.3, -0.25) is 19.3 Å². The van der Waals surface area contributed by atoms with Crippen molar-refractivity contribution in [3.05, 3.63) is 102 Å². The Labute approximate surface area is 181 Å². The highest BCUT2D eigenvalue weighted by atomic mass is 16.2. The summed E-state index contributed by atoms with van der Waals surface area (Å²) in [6.07, 6.45) is 1.25. The number of imide groups is 1. The fraction of sp³-hybridized carbons (Fsp3) is 0.192. The van der Waals surface area contributed by atoms with Crippen molar-refractivity contribution in [2.24, 2.45) is 0 Å². The Bertz CT molecular complexity index is 1010. The number of carbonyl (C=O) groups excluding carboxylic acids is 3. The van der Waals surface area contributed by atoms with E-state index in [-0.39, 0.29) is 36.5 Å². The van der Waals surface area contributed by atoms with Crippen LogP contribution in [0.1, 0.15) is 46.7 Å². The third-order valence-corrected chi connectivity index (χ3v) is 5.56. The maximum Gasteiger partial charge on any atom is 0.251 e. The Balaban J connectivity index is 1.39. The molecule has 3 amide bonds. The lowest BCUT2D eigenvalue weighted by atomic mass is 9.88. The van der Waals surface area contributed by atoms with Crippen molar-refractivity contribution in [3.8, 4) is 0 Å². The third kappa shape index (κ3) is 4.72. The highest BCUT2D eigenvalue weighted by Crippen LogP contribution is 2.27. The van der Waals surface area contributed by atoms with Crippen molar-refractivity contribution in [1.82, 2.24) is 5.32 Å².